The summed E-state index contributed by atoms with van der Waals surface area (Å²) < 4.78 is 5.44. The Kier molecular flexibility index (Phi) is 4.62. The van der Waals surface area contributed by atoms with Crippen molar-refractivity contribution in [2.45, 2.75) is 38.8 Å². The van der Waals surface area contributed by atoms with E-state index in [-0.39, 0.29) is 18.1 Å². The van der Waals surface area contributed by atoms with Crippen molar-refractivity contribution in [1.82, 2.24) is 15.5 Å². The molecule has 2 rings (SSSR count). The van der Waals surface area contributed by atoms with Crippen molar-refractivity contribution in [2.75, 3.05) is 18.5 Å². The number of carbonyl (C=O) groups excluding carboxylic acids is 1. The van der Waals surface area contributed by atoms with Crippen molar-refractivity contribution in [3.05, 3.63) is 5.01 Å². The minimum atomic E-state index is -0.322. The molecule has 1 aliphatic heterocycles. The van der Waals surface area contributed by atoms with Gasteiger partial charge in [-0.3, -0.25) is 10.1 Å². The monoisotopic (exact) mass is 270 g/mol. The predicted molar refractivity (Wildman–Crippen MR) is 69.7 cm³/mol. The Labute approximate surface area is 110 Å². The first-order valence-electron chi connectivity index (χ1n) is 6.19. The quantitative estimate of drug-likeness (QED) is 0.846. The molecule has 0 aromatic carbocycles. The fourth-order valence-electron chi connectivity index (χ4n) is 1.83. The summed E-state index contributed by atoms with van der Waals surface area (Å²) in [6, 6.07) is -0.322. The summed E-state index contributed by atoms with van der Waals surface area (Å²) in [5.74, 6) is -0.110. The van der Waals surface area contributed by atoms with Crippen molar-refractivity contribution in [2.24, 2.45) is 0 Å². The van der Waals surface area contributed by atoms with Crippen molar-refractivity contribution in [3.8, 4) is 0 Å². The third-order valence-corrected chi connectivity index (χ3v) is 3.66. The predicted octanol–water partition coefficient (Wildman–Crippen LogP) is 0.806. The number of nitrogens with one attached hydrogen (secondary N) is 2. The van der Waals surface area contributed by atoms with Gasteiger partial charge in [-0.05, 0) is 13.3 Å². The van der Waals surface area contributed by atoms with Crippen LogP contribution in [0.25, 0.3) is 0 Å². The number of carbonyl (C=O) groups is 1. The lowest BCUT2D eigenvalue weighted by atomic mass is 10.1. The number of rotatable bonds is 4. The van der Waals surface area contributed by atoms with Crippen LogP contribution in [0.5, 0.6) is 0 Å². The SMILES string of the molecule is CCCc1nnc(NC(=O)[C@H]2NCCO[C@@H]2C)s1. The van der Waals surface area contributed by atoms with Gasteiger partial charge in [0.1, 0.15) is 11.0 Å². The maximum atomic E-state index is 12.0. The van der Waals surface area contributed by atoms with Gasteiger partial charge in [-0.15, -0.1) is 10.2 Å². The van der Waals surface area contributed by atoms with Crippen LogP contribution >= 0.6 is 11.3 Å². The molecule has 0 spiro atoms. The van der Waals surface area contributed by atoms with Crippen molar-refractivity contribution in [1.29, 1.82) is 0 Å². The van der Waals surface area contributed by atoms with E-state index in [2.05, 4.69) is 27.8 Å². The molecule has 1 aromatic heterocycles. The number of aromatic nitrogens is 2. The van der Waals surface area contributed by atoms with Gasteiger partial charge < -0.3 is 10.1 Å². The molecule has 0 bridgehead atoms. The van der Waals surface area contributed by atoms with E-state index in [0.717, 1.165) is 17.8 Å². The third-order valence-electron chi connectivity index (χ3n) is 2.76. The number of hydrogen-bond donors (Lipinski definition) is 2. The number of hydrogen-bond acceptors (Lipinski definition) is 6. The van der Waals surface area contributed by atoms with Gasteiger partial charge in [-0.1, -0.05) is 18.3 Å². The van der Waals surface area contributed by atoms with E-state index in [0.29, 0.717) is 18.3 Å². The summed E-state index contributed by atoms with van der Waals surface area (Å²) in [6.45, 7) is 5.31. The topological polar surface area (TPSA) is 76.1 Å². The standard InChI is InChI=1S/C11H18N4O2S/c1-3-4-8-14-15-11(18-8)13-10(16)9-7(2)17-6-5-12-9/h7,9,12H,3-6H2,1-2H3,(H,13,15,16)/t7-,9+/m1/s1. The average Bonchev–Trinajstić information content (AvgIpc) is 2.77. The van der Waals surface area contributed by atoms with Crippen LogP contribution in [0.1, 0.15) is 25.3 Å². The Hall–Kier alpha value is -1.05. The smallest absolute Gasteiger partial charge is 0.246 e. The highest BCUT2D eigenvalue weighted by Crippen LogP contribution is 2.17. The van der Waals surface area contributed by atoms with Crippen LogP contribution in [-0.2, 0) is 16.0 Å². The highest BCUT2D eigenvalue weighted by molar-refractivity contribution is 7.15. The summed E-state index contributed by atoms with van der Waals surface area (Å²) in [6.07, 6.45) is 1.80. The summed E-state index contributed by atoms with van der Waals surface area (Å²) in [5.41, 5.74) is 0. The highest BCUT2D eigenvalue weighted by Gasteiger charge is 2.28. The second kappa shape index (κ2) is 6.21. The van der Waals surface area contributed by atoms with Gasteiger partial charge in [0, 0.05) is 13.0 Å². The van der Waals surface area contributed by atoms with E-state index >= 15 is 0 Å². The van der Waals surface area contributed by atoms with Gasteiger partial charge >= 0.3 is 0 Å². The molecule has 2 atom stereocenters. The zero-order valence-electron chi connectivity index (χ0n) is 10.6. The van der Waals surface area contributed by atoms with Crippen LogP contribution in [0.2, 0.25) is 0 Å². The fourth-order valence-corrected chi connectivity index (χ4v) is 2.67. The number of ether oxygens (including phenoxy) is 1. The van der Waals surface area contributed by atoms with Gasteiger partial charge in [-0.25, -0.2) is 0 Å². The summed E-state index contributed by atoms with van der Waals surface area (Å²) in [4.78, 5) is 12.0. The summed E-state index contributed by atoms with van der Waals surface area (Å²) in [5, 5.41) is 15.4. The van der Waals surface area contributed by atoms with Gasteiger partial charge in [-0.2, -0.15) is 0 Å². The van der Waals surface area contributed by atoms with Crippen LogP contribution in [0.3, 0.4) is 0 Å². The molecule has 1 aromatic rings. The molecule has 0 saturated carbocycles. The summed E-state index contributed by atoms with van der Waals surface area (Å²) >= 11 is 1.43. The van der Waals surface area contributed by atoms with Crippen molar-refractivity contribution in [3.63, 3.8) is 0 Å². The Morgan fingerprint density at radius 3 is 3.17 bits per heavy atom. The number of amides is 1. The molecule has 0 unspecified atom stereocenters. The van der Waals surface area contributed by atoms with Crippen LogP contribution < -0.4 is 10.6 Å². The number of nitrogens with zero attached hydrogens (tertiary/aromatic N) is 2. The highest BCUT2D eigenvalue weighted by atomic mass is 32.1. The molecule has 2 N–H and O–H groups in total. The van der Waals surface area contributed by atoms with E-state index in [4.69, 9.17) is 4.74 Å². The first kappa shape index (κ1) is 13.4. The second-order valence-electron chi connectivity index (χ2n) is 4.25. The summed E-state index contributed by atoms with van der Waals surface area (Å²) in [7, 11) is 0. The minimum absolute atomic E-state index is 0.110. The molecule has 2 heterocycles. The number of anilines is 1. The van der Waals surface area contributed by atoms with Crippen LogP contribution in [0.15, 0.2) is 0 Å². The Morgan fingerprint density at radius 2 is 2.44 bits per heavy atom. The lowest BCUT2D eigenvalue weighted by molar-refractivity contribution is -0.123. The second-order valence-corrected chi connectivity index (χ2v) is 5.31. The molecule has 6 nitrogen and oxygen atoms in total. The molecule has 1 fully saturated rings. The lowest BCUT2D eigenvalue weighted by Crippen LogP contribution is -2.53. The first-order chi connectivity index (χ1) is 8.70. The van der Waals surface area contributed by atoms with Crippen LogP contribution in [0.4, 0.5) is 5.13 Å². The Bertz CT molecular complexity index is 410. The van der Waals surface area contributed by atoms with Gasteiger partial charge in [0.05, 0.1) is 12.7 Å². The van der Waals surface area contributed by atoms with E-state index in [1.807, 2.05) is 6.92 Å². The lowest BCUT2D eigenvalue weighted by Gasteiger charge is -2.28. The van der Waals surface area contributed by atoms with Crippen LogP contribution in [0, 0.1) is 0 Å². The molecule has 100 valence electrons. The number of aryl methyl sites for hydroxylation is 1. The molecular weight excluding hydrogens is 252 g/mol. The largest absolute Gasteiger partial charge is 0.375 e. The van der Waals surface area contributed by atoms with E-state index in [1.54, 1.807) is 0 Å². The Balaban J connectivity index is 1.93. The third kappa shape index (κ3) is 3.24. The first-order valence-corrected chi connectivity index (χ1v) is 7.00. The van der Waals surface area contributed by atoms with Gasteiger partial charge in [0.15, 0.2) is 0 Å². The zero-order valence-corrected chi connectivity index (χ0v) is 11.4. The van der Waals surface area contributed by atoms with Crippen molar-refractivity contribution >= 4 is 22.4 Å². The van der Waals surface area contributed by atoms with E-state index < -0.39 is 0 Å². The van der Waals surface area contributed by atoms with Gasteiger partial charge in [0.25, 0.3) is 0 Å². The molecular formula is C11H18N4O2S. The van der Waals surface area contributed by atoms with Crippen molar-refractivity contribution < 1.29 is 9.53 Å². The van der Waals surface area contributed by atoms with Gasteiger partial charge in [0.2, 0.25) is 11.0 Å². The molecule has 1 saturated heterocycles. The molecule has 7 heteroatoms. The normalized spacial score (nSPS) is 23.9. The zero-order chi connectivity index (χ0) is 13.0. The Morgan fingerprint density at radius 1 is 1.61 bits per heavy atom. The number of morpholine rings is 1. The average molecular weight is 270 g/mol. The molecule has 0 radical (unpaired) electrons. The fraction of sp³-hybridized carbons (Fsp3) is 0.727. The molecule has 1 amide bonds. The van der Waals surface area contributed by atoms with E-state index in [1.165, 1.54) is 11.3 Å². The van der Waals surface area contributed by atoms with E-state index in [9.17, 15) is 4.79 Å². The molecule has 18 heavy (non-hydrogen) atoms. The maximum Gasteiger partial charge on any atom is 0.246 e. The molecule has 0 aliphatic carbocycles. The van der Waals surface area contributed by atoms with Crippen LogP contribution in [-0.4, -0.2) is 41.4 Å². The minimum Gasteiger partial charge on any atom is -0.375 e. The molecule has 1 aliphatic rings. The maximum absolute atomic E-state index is 12.0.